The van der Waals surface area contributed by atoms with E-state index in [0.29, 0.717) is 0 Å². The number of fused-ring (bicyclic) bond motifs is 2. The minimum Gasteiger partial charge on any atom is -0.512 e. The van der Waals surface area contributed by atoms with E-state index in [9.17, 15) is 4.79 Å². The van der Waals surface area contributed by atoms with Gasteiger partial charge in [-0.15, -0.1) is 35.9 Å². The van der Waals surface area contributed by atoms with Gasteiger partial charge in [0.05, 0.1) is 16.8 Å². The SMILES string of the molecule is CC(=O)C=C(C)O.Cc1nc2cc3c(cc2nc1-c1[c-]cccc1)C(C)(C)C(C)(C)C3(C)C.[Pt]. The van der Waals surface area contributed by atoms with Crippen LogP contribution in [0.1, 0.15) is 72.2 Å². The first-order valence-electron chi connectivity index (χ1n) is 11.4. The van der Waals surface area contributed by atoms with E-state index in [1.54, 1.807) is 0 Å². The number of nitrogens with zero attached hydrogens (tertiary/aromatic N) is 2. The minimum absolute atomic E-state index is 0. The molecular weight excluding hydrogens is 603 g/mol. The maximum atomic E-state index is 10.0. The van der Waals surface area contributed by atoms with Gasteiger partial charge < -0.3 is 5.11 Å². The molecule has 1 N–H and O–H groups in total. The predicted molar refractivity (Wildman–Crippen MR) is 135 cm³/mol. The summed E-state index contributed by atoms with van der Waals surface area (Å²) in [5, 5.41) is 8.36. The second-order valence-electron chi connectivity index (χ2n) is 10.6. The molecule has 34 heavy (non-hydrogen) atoms. The Morgan fingerprint density at radius 3 is 1.88 bits per heavy atom. The van der Waals surface area contributed by atoms with Crippen LogP contribution in [0.25, 0.3) is 22.3 Å². The first-order valence-corrected chi connectivity index (χ1v) is 11.4. The molecule has 0 amide bonds. The molecule has 0 bridgehead atoms. The summed E-state index contributed by atoms with van der Waals surface area (Å²) < 4.78 is 0. The van der Waals surface area contributed by atoms with Crippen LogP contribution in [0, 0.1) is 18.4 Å². The van der Waals surface area contributed by atoms with Crippen LogP contribution in [0.15, 0.2) is 48.2 Å². The Morgan fingerprint density at radius 1 is 0.941 bits per heavy atom. The maximum absolute atomic E-state index is 10.0. The molecule has 1 aliphatic rings. The molecule has 1 aliphatic carbocycles. The van der Waals surface area contributed by atoms with Crippen LogP contribution in [0.3, 0.4) is 0 Å². The van der Waals surface area contributed by atoms with Crippen LogP contribution in [-0.4, -0.2) is 20.9 Å². The Kier molecular flexibility index (Phi) is 8.00. The summed E-state index contributed by atoms with van der Waals surface area (Å²) in [4.78, 5) is 19.9. The van der Waals surface area contributed by atoms with Crippen molar-refractivity contribution >= 4 is 16.8 Å². The number of hydrogen-bond donors (Lipinski definition) is 1. The zero-order chi connectivity index (χ0) is 24.8. The number of rotatable bonds is 2. The van der Waals surface area contributed by atoms with E-state index in [2.05, 4.69) is 59.7 Å². The molecule has 1 aromatic heterocycles. The molecule has 0 atom stereocenters. The average Bonchev–Trinajstić information content (AvgIpc) is 2.81. The fraction of sp³-hybridized carbons (Fsp3) is 0.414. The van der Waals surface area contributed by atoms with E-state index in [1.807, 2.05) is 31.2 Å². The number of hydrogen-bond acceptors (Lipinski definition) is 4. The van der Waals surface area contributed by atoms with Gasteiger partial charge in [-0.25, -0.2) is 0 Å². The second-order valence-corrected chi connectivity index (χ2v) is 10.6. The van der Waals surface area contributed by atoms with Crippen LogP contribution < -0.4 is 0 Å². The van der Waals surface area contributed by atoms with Crippen LogP contribution >= 0.6 is 0 Å². The van der Waals surface area contributed by atoms with Crippen LogP contribution in [0.2, 0.25) is 0 Å². The van der Waals surface area contributed by atoms with Gasteiger partial charge in [0.25, 0.3) is 0 Å². The van der Waals surface area contributed by atoms with Crippen molar-refractivity contribution in [3.05, 3.63) is 71.1 Å². The maximum Gasteiger partial charge on any atom is 0.155 e. The van der Waals surface area contributed by atoms with Crippen molar-refractivity contribution in [3.8, 4) is 11.3 Å². The number of aliphatic hydroxyl groups is 1. The smallest absolute Gasteiger partial charge is 0.155 e. The summed E-state index contributed by atoms with van der Waals surface area (Å²) >= 11 is 0. The third-order valence-electron chi connectivity index (χ3n) is 7.83. The summed E-state index contributed by atoms with van der Waals surface area (Å²) in [5.74, 6) is -0.0625. The topological polar surface area (TPSA) is 63.1 Å². The molecule has 0 unspecified atom stereocenters. The summed E-state index contributed by atoms with van der Waals surface area (Å²) in [6, 6.07) is 15.8. The Morgan fingerprint density at radius 2 is 1.47 bits per heavy atom. The van der Waals surface area contributed by atoms with Crippen molar-refractivity contribution < 1.29 is 31.0 Å². The molecule has 3 aromatic rings. The monoisotopic (exact) mass is 638 g/mol. The van der Waals surface area contributed by atoms with Gasteiger partial charge in [-0.2, -0.15) is 0 Å². The number of benzene rings is 2. The molecule has 2 aromatic carbocycles. The molecule has 0 radical (unpaired) electrons. The largest absolute Gasteiger partial charge is 0.512 e. The summed E-state index contributed by atoms with van der Waals surface area (Å²) in [5.41, 5.74) is 7.96. The summed E-state index contributed by atoms with van der Waals surface area (Å²) in [6.07, 6.45) is 1.17. The van der Waals surface area contributed by atoms with E-state index in [1.165, 1.54) is 31.1 Å². The molecule has 4 nitrogen and oxygen atoms in total. The molecule has 0 aliphatic heterocycles. The third-order valence-corrected chi connectivity index (χ3v) is 7.83. The van der Waals surface area contributed by atoms with Gasteiger partial charge >= 0.3 is 0 Å². The van der Waals surface area contributed by atoms with Crippen LogP contribution in [0.4, 0.5) is 0 Å². The van der Waals surface area contributed by atoms with Crippen molar-refractivity contribution in [3.63, 3.8) is 0 Å². The zero-order valence-electron chi connectivity index (χ0n) is 21.6. The number of aliphatic hydroxyl groups excluding tert-OH is 1. The summed E-state index contributed by atoms with van der Waals surface area (Å²) in [6.45, 7) is 19.1. The van der Waals surface area contributed by atoms with E-state index in [0.717, 1.165) is 28.0 Å². The van der Waals surface area contributed by atoms with E-state index >= 15 is 0 Å². The van der Waals surface area contributed by atoms with Gasteiger partial charge in [0.1, 0.15) is 0 Å². The first kappa shape index (κ1) is 27.9. The molecular formula is C29H35N2O2Pt-. The van der Waals surface area contributed by atoms with Crippen molar-refractivity contribution in [2.75, 3.05) is 0 Å². The molecule has 0 fully saturated rings. The number of carbonyl (C=O) groups excluding carboxylic acids is 1. The number of allylic oxidation sites excluding steroid dienone is 2. The van der Waals surface area contributed by atoms with Gasteiger partial charge in [0, 0.05) is 38.5 Å². The van der Waals surface area contributed by atoms with Crippen molar-refractivity contribution in [1.29, 1.82) is 0 Å². The number of carbonyl (C=O) groups is 1. The van der Waals surface area contributed by atoms with Crippen molar-refractivity contribution in [1.82, 2.24) is 9.97 Å². The van der Waals surface area contributed by atoms with Gasteiger partial charge in [0.2, 0.25) is 0 Å². The molecule has 4 rings (SSSR count). The Hall–Kier alpha value is -2.32. The second kappa shape index (κ2) is 9.74. The van der Waals surface area contributed by atoms with E-state index in [4.69, 9.17) is 15.1 Å². The molecule has 0 saturated heterocycles. The Bertz CT molecular complexity index is 1240. The number of ketones is 1. The minimum atomic E-state index is -0.125. The van der Waals surface area contributed by atoms with E-state index in [-0.39, 0.29) is 48.9 Å². The number of aryl methyl sites for hydroxylation is 1. The normalized spacial score (nSPS) is 17.3. The van der Waals surface area contributed by atoms with Gasteiger partial charge in [-0.05, 0) is 60.3 Å². The van der Waals surface area contributed by atoms with Crippen LogP contribution in [-0.2, 0) is 36.7 Å². The van der Waals surface area contributed by atoms with Gasteiger partial charge in [-0.1, -0.05) is 41.5 Å². The van der Waals surface area contributed by atoms with Gasteiger partial charge in [-0.3, -0.25) is 14.8 Å². The fourth-order valence-electron chi connectivity index (χ4n) is 4.77. The van der Waals surface area contributed by atoms with Crippen molar-refractivity contribution in [2.45, 2.75) is 73.1 Å². The fourth-order valence-corrected chi connectivity index (χ4v) is 4.77. The summed E-state index contributed by atoms with van der Waals surface area (Å²) in [7, 11) is 0. The molecule has 1 heterocycles. The third kappa shape index (κ3) is 4.75. The standard InChI is InChI=1S/C24H27N2.C5H8O2.Pt/c1-15-21(16-11-9-8-10-12-16)26-20-14-18-17(13-19(20)25-15)22(2,3)24(6,7)23(18,4)5;1-4(6)3-5(2)7;/h8-11,13-14H,1-7H3;3,6H,1-2H3;/q-1;;. The Balaban J connectivity index is 0.000000449. The van der Waals surface area contributed by atoms with E-state index < -0.39 is 0 Å². The molecule has 5 heteroatoms. The first-order chi connectivity index (χ1) is 15.2. The quantitative estimate of drug-likeness (QED) is 0.186. The zero-order valence-corrected chi connectivity index (χ0v) is 23.9. The van der Waals surface area contributed by atoms with Crippen molar-refractivity contribution in [2.24, 2.45) is 5.41 Å². The average molecular weight is 639 g/mol. The number of aromatic nitrogens is 2. The molecule has 0 spiro atoms. The Labute approximate surface area is 218 Å². The molecule has 184 valence electrons. The molecule has 0 saturated carbocycles. The predicted octanol–water partition coefficient (Wildman–Crippen LogP) is 7.04. The van der Waals surface area contributed by atoms with Crippen LogP contribution in [0.5, 0.6) is 0 Å². The van der Waals surface area contributed by atoms with Gasteiger partial charge in [0.15, 0.2) is 5.78 Å².